The Morgan fingerprint density at radius 1 is 1.07 bits per heavy atom. The number of cyclic esters (lactones) is 1. The molecule has 0 amide bonds. The lowest BCUT2D eigenvalue weighted by molar-refractivity contribution is -0.300. The van der Waals surface area contributed by atoms with Crippen molar-refractivity contribution >= 4 is 16.9 Å². The number of aromatic nitrogens is 1. The zero-order valence-corrected chi connectivity index (χ0v) is 36.9. The number of ether oxygens (including phenoxy) is 6. The second-order valence-electron chi connectivity index (χ2n) is 17.5. The van der Waals surface area contributed by atoms with E-state index in [1.807, 2.05) is 90.3 Å². The summed E-state index contributed by atoms with van der Waals surface area (Å²) in [6.07, 6.45) is 3.03. The molecule has 2 saturated heterocycles. The van der Waals surface area contributed by atoms with E-state index in [2.05, 4.69) is 35.9 Å². The van der Waals surface area contributed by atoms with Gasteiger partial charge >= 0.3 is 5.97 Å². The van der Waals surface area contributed by atoms with Crippen LogP contribution in [0.25, 0.3) is 10.9 Å². The van der Waals surface area contributed by atoms with Gasteiger partial charge in [-0.05, 0) is 105 Å². The van der Waals surface area contributed by atoms with Gasteiger partial charge < -0.3 is 48.4 Å². The molecule has 2 aromatic rings. The maximum absolute atomic E-state index is 14.4. The van der Waals surface area contributed by atoms with Crippen LogP contribution in [0.3, 0.4) is 0 Å². The van der Waals surface area contributed by atoms with E-state index in [9.17, 15) is 15.0 Å². The molecule has 0 aliphatic carbocycles. The zero-order valence-electron chi connectivity index (χ0n) is 36.9. The zero-order chi connectivity index (χ0) is 42.2. The molecule has 2 aliphatic rings. The molecule has 2 aliphatic heterocycles. The number of hydrogen-bond acceptors (Lipinski definition) is 12. The molecule has 0 saturated carbocycles. The van der Waals surface area contributed by atoms with E-state index in [0.717, 1.165) is 16.5 Å². The van der Waals surface area contributed by atoms with Crippen LogP contribution in [0, 0.1) is 17.8 Å². The lowest BCUT2D eigenvalue weighted by atomic mass is 9.77. The highest BCUT2D eigenvalue weighted by Crippen LogP contribution is 2.38. The number of nitrogens with zero attached hydrogens (tertiary/aromatic N) is 3. The molecule has 1 aromatic heterocycles. The molecule has 12 heteroatoms. The summed E-state index contributed by atoms with van der Waals surface area (Å²) in [5, 5.41) is 25.3. The highest BCUT2D eigenvalue weighted by Gasteiger charge is 2.51. The molecule has 0 bridgehead atoms. The van der Waals surface area contributed by atoms with Gasteiger partial charge in [0, 0.05) is 50.3 Å². The van der Waals surface area contributed by atoms with E-state index >= 15 is 0 Å². The number of aliphatic hydroxyl groups is 2. The fourth-order valence-corrected chi connectivity index (χ4v) is 9.35. The van der Waals surface area contributed by atoms with Gasteiger partial charge in [-0.1, -0.05) is 51.1 Å². The summed E-state index contributed by atoms with van der Waals surface area (Å²) >= 11 is 0. The maximum Gasteiger partial charge on any atom is 0.311 e. The van der Waals surface area contributed by atoms with Gasteiger partial charge in [-0.15, -0.1) is 0 Å². The van der Waals surface area contributed by atoms with Crippen molar-refractivity contribution in [2.45, 2.75) is 147 Å². The van der Waals surface area contributed by atoms with Crippen LogP contribution in [0.5, 0.6) is 0 Å². The topological polar surface area (TPSA) is 132 Å². The number of esters is 1. The lowest BCUT2D eigenvalue weighted by Gasteiger charge is -2.47. The fraction of sp³-hybridized carbons (Fsp3) is 0.733. The summed E-state index contributed by atoms with van der Waals surface area (Å²) in [4.78, 5) is 23.2. The number of carbonyl (C=O) groups is 1. The van der Waals surface area contributed by atoms with Crippen molar-refractivity contribution in [2.24, 2.45) is 17.8 Å². The molecule has 0 spiro atoms. The molecular weight excluding hydrogens is 727 g/mol. The number of pyridine rings is 1. The predicted octanol–water partition coefficient (Wildman–Crippen LogP) is 5.66. The minimum Gasteiger partial charge on any atom is -0.459 e. The van der Waals surface area contributed by atoms with Gasteiger partial charge in [-0.2, -0.15) is 0 Å². The first-order valence-corrected chi connectivity index (χ1v) is 20.8. The first-order valence-electron chi connectivity index (χ1n) is 20.8. The summed E-state index contributed by atoms with van der Waals surface area (Å²) in [6.45, 7) is 16.4. The van der Waals surface area contributed by atoms with Crippen molar-refractivity contribution in [3.05, 3.63) is 54.2 Å². The van der Waals surface area contributed by atoms with E-state index in [-0.39, 0.29) is 30.7 Å². The quantitative estimate of drug-likeness (QED) is 0.215. The van der Waals surface area contributed by atoms with Crippen molar-refractivity contribution < 1.29 is 43.4 Å². The lowest BCUT2D eigenvalue weighted by Crippen LogP contribution is -2.60. The van der Waals surface area contributed by atoms with Gasteiger partial charge in [0.1, 0.15) is 23.9 Å². The van der Waals surface area contributed by atoms with Crippen LogP contribution in [-0.2, 0) is 39.6 Å². The largest absolute Gasteiger partial charge is 0.459 e. The SMILES string of the molecule is CC[C@H]1OC(=O)[C@H](C)[C@@H](OC/C=C/Cc2cnc3ccccc3c2)[C@H](C)[C@@H](O[C@@H]2O[C@H](C)C[C@H](N(C)C)[C@H]2O)[C@](C)(O)C[C@@H](C)CN(C)[C@H](C)[C@@H](OC)[C@]1(C)OC. The van der Waals surface area contributed by atoms with Crippen LogP contribution in [0.4, 0.5) is 0 Å². The Morgan fingerprint density at radius 2 is 1.77 bits per heavy atom. The Bertz CT molecular complexity index is 1590. The molecule has 0 radical (unpaired) electrons. The predicted molar refractivity (Wildman–Crippen MR) is 223 cm³/mol. The second kappa shape index (κ2) is 20.6. The van der Waals surface area contributed by atoms with E-state index in [4.69, 9.17) is 28.4 Å². The smallest absolute Gasteiger partial charge is 0.311 e. The summed E-state index contributed by atoms with van der Waals surface area (Å²) in [5.74, 6) is -1.82. The van der Waals surface area contributed by atoms with Gasteiger partial charge in [-0.3, -0.25) is 9.78 Å². The standard InChI is InChI=1S/C45H73N3O9/c1-14-37-45(8,53-13)41(52-12)32(6)48(11)27-28(2)25-44(7,51)40(57-43-38(49)36(47(9)10)23-29(3)55-43)30(4)39(31(5)42(50)56-37)54-22-18-17-19-33-24-34-20-15-16-21-35(34)46-26-33/h15-18,20-21,24,26,28-32,36-41,43,49,51H,14,19,22-23,25,27H2,1-13H3/b18-17+/t28-,29-,30+,31-,32-,36+,37-,38-,39+,40-,41-,43+,44-,45-/m1/s1. The minimum absolute atomic E-state index is 0.00277. The third kappa shape index (κ3) is 11.4. The molecule has 57 heavy (non-hydrogen) atoms. The van der Waals surface area contributed by atoms with E-state index in [1.165, 1.54) is 0 Å². The fourth-order valence-electron chi connectivity index (χ4n) is 9.35. The number of rotatable bonds is 11. The first-order chi connectivity index (χ1) is 26.9. The van der Waals surface area contributed by atoms with E-state index < -0.39 is 65.8 Å². The van der Waals surface area contributed by atoms with Crippen LogP contribution in [0.2, 0.25) is 0 Å². The van der Waals surface area contributed by atoms with E-state index in [1.54, 1.807) is 28.1 Å². The summed E-state index contributed by atoms with van der Waals surface area (Å²) in [7, 11) is 9.18. The number of likely N-dealkylation sites (N-methyl/N-ethyl adjacent to an activating group) is 2. The van der Waals surface area contributed by atoms with Gasteiger partial charge in [-0.25, -0.2) is 0 Å². The molecular formula is C45H73N3O9. The number of benzene rings is 1. The highest BCUT2D eigenvalue weighted by atomic mass is 16.7. The van der Waals surface area contributed by atoms with Gasteiger partial charge in [0.05, 0.1) is 42.0 Å². The van der Waals surface area contributed by atoms with Crippen LogP contribution in [-0.4, -0.2) is 146 Å². The van der Waals surface area contributed by atoms with Crippen molar-refractivity contribution in [2.75, 3.05) is 48.5 Å². The number of methoxy groups -OCH3 is 2. The van der Waals surface area contributed by atoms with Gasteiger partial charge in [0.15, 0.2) is 6.29 Å². The molecule has 12 nitrogen and oxygen atoms in total. The molecule has 322 valence electrons. The van der Waals surface area contributed by atoms with Crippen molar-refractivity contribution in [3.8, 4) is 0 Å². The number of aliphatic hydroxyl groups excluding tert-OH is 1. The normalized spacial score (nSPS) is 38.3. The van der Waals surface area contributed by atoms with Crippen molar-refractivity contribution in [1.29, 1.82) is 0 Å². The molecule has 1 aromatic carbocycles. The van der Waals surface area contributed by atoms with Crippen LogP contribution in [0.15, 0.2) is 48.7 Å². The minimum atomic E-state index is -1.43. The Morgan fingerprint density at radius 3 is 2.42 bits per heavy atom. The summed E-state index contributed by atoms with van der Waals surface area (Å²) in [6, 6.07) is 9.80. The third-order valence-corrected chi connectivity index (χ3v) is 12.6. The monoisotopic (exact) mass is 800 g/mol. The average molecular weight is 800 g/mol. The van der Waals surface area contributed by atoms with Crippen LogP contribution < -0.4 is 0 Å². The molecule has 3 heterocycles. The Kier molecular flexibility index (Phi) is 17.1. The Balaban J connectivity index is 1.73. The van der Waals surface area contributed by atoms with Gasteiger partial charge in [0.2, 0.25) is 0 Å². The molecule has 14 atom stereocenters. The number of hydrogen-bond donors (Lipinski definition) is 2. The maximum atomic E-state index is 14.4. The van der Waals surface area contributed by atoms with Crippen LogP contribution in [0.1, 0.15) is 80.2 Å². The first kappa shape index (κ1) is 47.2. The van der Waals surface area contributed by atoms with Crippen LogP contribution >= 0.6 is 0 Å². The molecule has 4 rings (SSSR count). The molecule has 0 unspecified atom stereocenters. The van der Waals surface area contributed by atoms with Crippen molar-refractivity contribution in [3.63, 3.8) is 0 Å². The van der Waals surface area contributed by atoms with Gasteiger partial charge in [0.25, 0.3) is 0 Å². The third-order valence-electron chi connectivity index (χ3n) is 12.6. The molecule has 2 fully saturated rings. The Hall–Kier alpha value is -2.52. The number of fused-ring (bicyclic) bond motifs is 1. The number of carbonyl (C=O) groups excluding carboxylic acids is 1. The summed E-state index contributed by atoms with van der Waals surface area (Å²) in [5.41, 5.74) is -0.398. The average Bonchev–Trinajstić information content (AvgIpc) is 3.16. The second-order valence-corrected chi connectivity index (χ2v) is 17.5. The van der Waals surface area contributed by atoms with E-state index in [0.29, 0.717) is 32.2 Å². The highest BCUT2D eigenvalue weighted by molar-refractivity contribution is 5.78. The summed E-state index contributed by atoms with van der Waals surface area (Å²) < 4.78 is 38.5. The van der Waals surface area contributed by atoms with Crippen molar-refractivity contribution in [1.82, 2.24) is 14.8 Å². The number of para-hydroxylation sites is 1. The Labute approximate surface area is 342 Å². The molecule has 2 N–H and O–H groups in total. The number of allylic oxidation sites excluding steroid dienone is 1.